The van der Waals surface area contributed by atoms with E-state index in [1.807, 2.05) is 19.2 Å². The normalized spacial score (nSPS) is 17.5. The van der Waals surface area contributed by atoms with Crippen LogP contribution >= 0.6 is 35.3 Å². The molecule has 130 valence electrons. The lowest BCUT2D eigenvalue weighted by Crippen LogP contribution is -2.39. The predicted octanol–water partition coefficient (Wildman–Crippen LogP) is 3.94. The van der Waals surface area contributed by atoms with Gasteiger partial charge >= 0.3 is 0 Å². The molecule has 24 heavy (non-hydrogen) atoms. The summed E-state index contributed by atoms with van der Waals surface area (Å²) in [4.78, 5) is 6.79. The van der Waals surface area contributed by atoms with E-state index in [0.29, 0.717) is 5.92 Å². The van der Waals surface area contributed by atoms with Crippen LogP contribution in [0.1, 0.15) is 23.5 Å². The lowest BCUT2D eigenvalue weighted by molar-refractivity contribution is 0.414. The Hall–Kier alpha value is -1.28. The topological polar surface area (TPSA) is 36.9 Å². The second-order valence-electron chi connectivity index (χ2n) is 5.74. The average Bonchev–Trinajstić information content (AvgIpc) is 3.27. The Morgan fingerprint density at radius 3 is 2.75 bits per heavy atom. The van der Waals surface area contributed by atoms with Gasteiger partial charge in [0, 0.05) is 32.6 Å². The quantitative estimate of drug-likeness (QED) is 0.430. The van der Waals surface area contributed by atoms with Crippen molar-refractivity contribution >= 4 is 41.3 Å². The highest BCUT2D eigenvalue weighted by molar-refractivity contribution is 14.0. The van der Waals surface area contributed by atoms with Gasteiger partial charge in [-0.3, -0.25) is 4.99 Å². The summed E-state index contributed by atoms with van der Waals surface area (Å²) in [7, 11) is 3.56. The Bertz CT molecular complexity index is 643. The smallest absolute Gasteiger partial charge is 0.193 e. The van der Waals surface area contributed by atoms with E-state index in [-0.39, 0.29) is 24.0 Å². The molecule has 0 bridgehead atoms. The number of likely N-dealkylation sites (tertiary alicyclic amines) is 1. The zero-order chi connectivity index (χ0) is 16.1. The number of guanidine groups is 1. The minimum Gasteiger partial charge on any atom is -0.497 e. The van der Waals surface area contributed by atoms with Crippen molar-refractivity contribution in [2.45, 2.75) is 18.9 Å². The number of hydrogen-bond donors (Lipinski definition) is 1. The highest BCUT2D eigenvalue weighted by Crippen LogP contribution is 2.28. The molecule has 1 aromatic carbocycles. The van der Waals surface area contributed by atoms with Gasteiger partial charge in [0.15, 0.2) is 5.96 Å². The second-order valence-corrected chi connectivity index (χ2v) is 6.52. The number of ether oxygens (including phenoxy) is 1. The summed E-state index contributed by atoms with van der Waals surface area (Å²) in [5.41, 5.74) is 2.68. The molecule has 3 rings (SSSR count). The number of benzene rings is 1. The van der Waals surface area contributed by atoms with E-state index in [1.54, 1.807) is 18.4 Å². The standard InChI is InChI=1S/C18H23N3OS.HI/c1-19-18(20-11-14-8-10-23-13-14)21-9-7-16(12-21)15-3-5-17(22-2)6-4-15;/h3-6,8,10,13,16H,7,9,11-12H2,1-2H3,(H,19,20);1H. The Morgan fingerprint density at radius 1 is 1.33 bits per heavy atom. The maximum absolute atomic E-state index is 5.24. The monoisotopic (exact) mass is 457 g/mol. The van der Waals surface area contributed by atoms with Crippen molar-refractivity contribution in [2.24, 2.45) is 4.99 Å². The van der Waals surface area contributed by atoms with Gasteiger partial charge in [0.25, 0.3) is 0 Å². The summed E-state index contributed by atoms with van der Waals surface area (Å²) in [5.74, 6) is 2.46. The Balaban J connectivity index is 0.00000208. The van der Waals surface area contributed by atoms with E-state index in [2.05, 4.69) is 44.2 Å². The third-order valence-electron chi connectivity index (χ3n) is 4.32. The highest BCUT2D eigenvalue weighted by atomic mass is 127. The molecular formula is C18H24IN3OS. The molecular weight excluding hydrogens is 433 g/mol. The fourth-order valence-corrected chi connectivity index (χ4v) is 3.68. The SMILES string of the molecule is CN=C(NCc1ccsc1)N1CCC(c2ccc(OC)cc2)C1.I. The minimum absolute atomic E-state index is 0. The van der Waals surface area contributed by atoms with Crippen LogP contribution < -0.4 is 10.1 Å². The van der Waals surface area contributed by atoms with Gasteiger partial charge in [-0.1, -0.05) is 12.1 Å². The summed E-state index contributed by atoms with van der Waals surface area (Å²) in [6.07, 6.45) is 1.16. The highest BCUT2D eigenvalue weighted by Gasteiger charge is 2.25. The van der Waals surface area contributed by atoms with Gasteiger partial charge in [-0.05, 0) is 46.5 Å². The third-order valence-corrected chi connectivity index (χ3v) is 5.05. The lowest BCUT2D eigenvalue weighted by Gasteiger charge is -2.21. The van der Waals surface area contributed by atoms with Gasteiger partial charge < -0.3 is 15.0 Å². The van der Waals surface area contributed by atoms with Crippen LogP contribution in [-0.2, 0) is 6.54 Å². The molecule has 0 aliphatic carbocycles. The first kappa shape index (κ1) is 19.1. The van der Waals surface area contributed by atoms with Gasteiger partial charge in [0.2, 0.25) is 0 Å². The van der Waals surface area contributed by atoms with Crippen LogP contribution in [0.2, 0.25) is 0 Å². The number of nitrogens with one attached hydrogen (secondary N) is 1. The number of aliphatic imine (C=N–C) groups is 1. The van der Waals surface area contributed by atoms with Crippen molar-refractivity contribution in [1.82, 2.24) is 10.2 Å². The van der Waals surface area contributed by atoms with Crippen molar-refractivity contribution in [2.75, 3.05) is 27.2 Å². The van der Waals surface area contributed by atoms with E-state index in [4.69, 9.17) is 4.74 Å². The minimum atomic E-state index is 0. The number of nitrogens with zero attached hydrogens (tertiary/aromatic N) is 2. The molecule has 0 amide bonds. The van der Waals surface area contributed by atoms with Gasteiger partial charge in [0.1, 0.15) is 5.75 Å². The first-order chi connectivity index (χ1) is 11.3. The van der Waals surface area contributed by atoms with E-state index in [9.17, 15) is 0 Å². The molecule has 1 unspecified atom stereocenters. The van der Waals surface area contributed by atoms with Crippen molar-refractivity contribution < 1.29 is 4.74 Å². The third kappa shape index (κ3) is 4.63. The first-order valence-corrected chi connectivity index (χ1v) is 8.85. The molecule has 2 heterocycles. The van der Waals surface area contributed by atoms with Crippen molar-refractivity contribution in [3.8, 4) is 5.75 Å². The van der Waals surface area contributed by atoms with E-state index in [1.165, 1.54) is 11.1 Å². The molecule has 1 atom stereocenters. The molecule has 2 aromatic rings. The number of methoxy groups -OCH3 is 1. The van der Waals surface area contributed by atoms with E-state index < -0.39 is 0 Å². The molecule has 1 aliphatic rings. The maximum Gasteiger partial charge on any atom is 0.193 e. The van der Waals surface area contributed by atoms with Crippen LogP contribution in [0.15, 0.2) is 46.1 Å². The zero-order valence-corrected chi connectivity index (χ0v) is 17.2. The van der Waals surface area contributed by atoms with Gasteiger partial charge in [0.05, 0.1) is 7.11 Å². The molecule has 6 heteroatoms. The molecule has 1 aliphatic heterocycles. The summed E-state index contributed by atoms with van der Waals surface area (Å²) in [6.45, 7) is 2.88. The molecule has 1 aromatic heterocycles. The Kier molecular flexibility index (Phi) is 7.36. The summed E-state index contributed by atoms with van der Waals surface area (Å²) in [5, 5.41) is 7.74. The van der Waals surface area contributed by atoms with E-state index >= 15 is 0 Å². The molecule has 1 saturated heterocycles. The van der Waals surface area contributed by atoms with Crippen LogP contribution in [0.4, 0.5) is 0 Å². The predicted molar refractivity (Wildman–Crippen MR) is 112 cm³/mol. The van der Waals surface area contributed by atoms with Gasteiger partial charge in [-0.2, -0.15) is 11.3 Å². The molecule has 1 fully saturated rings. The molecule has 1 N–H and O–H groups in total. The molecule has 0 radical (unpaired) electrons. The average molecular weight is 457 g/mol. The first-order valence-electron chi connectivity index (χ1n) is 7.90. The van der Waals surface area contributed by atoms with Crippen LogP contribution in [-0.4, -0.2) is 38.1 Å². The summed E-state index contributed by atoms with van der Waals surface area (Å²) in [6, 6.07) is 10.6. The fraction of sp³-hybridized carbons (Fsp3) is 0.389. The summed E-state index contributed by atoms with van der Waals surface area (Å²) < 4.78 is 5.24. The maximum atomic E-state index is 5.24. The van der Waals surface area contributed by atoms with Gasteiger partial charge in [-0.25, -0.2) is 0 Å². The van der Waals surface area contributed by atoms with Crippen LogP contribution in [0, 0.1) is 0 Å². The number of hydrogen-bond acceptors (Lipinski definition) is 3. The van der Waals surface area contributed by atoms with Crippen molar-refractivity contribution in [3.63, 3.8) is 0 Å². The van der Waals surface area contributed by atoms with Crippen molar-refractivity contribution in [3.05, 3.63) is 52.2 Å². The van der Waals surface area contributed by atoms with Crippen LogP contribution in [0.3, 0.4) is 0 Å². The number of halogens is 1. The second kappa shape index (κ2) is 9.27. The Labute approximate surface area is 165 Å². The van der Waals surface area contributed by atoms with Gasteiger partial charge in [-0.15, -0.1) is 24.0 Å². The number of thiophene rings is 1. The molecule has 0 saturated carbocycles. The number of rotatable bonds is 4. The van der Waals surface area contributed by atoms with E-state index in [0.717, 1.165) is 37.8 Å². The molecule has 4 nitrogen and oxygen atoms in total. The summed E-state index contributed by atoms with van der Waals surface area (Å²) >= 11 is 1.73. The fourth-order valence-electron chi connectivity index (χ4n) is 3.01. The molecule has 0 spiro atoms. The Morgan fingerprint density at radius 2 is 2.12 bits per heavy atom. The largest absolute Gasteiger partial charge is 0.497 e. The lowest BCUT2D eigenvalue weighted by atomic mass is 9.98. The van der Waals surface area contributed by atoms with Crippen LogP contribution in [0.25, 0.3) is 0 Å². The van der Waals surface area contributed by atoms with Crippen molar-refractivity contribution in [1.29, 1.82) is 0 Å². The zero-order valence-electron chi connectivity index (χ0n) is 14.1. The van der Waals surface area contributed by atoms with Crippen LogP contribution in [0.5, 0.6) is 5.75 Å².